The molecule has 1 N–H and O–H groups in total. The maximum Gasteiger partial charge on any atom is 0.0722 e. The lowest BCUT2D eigenvalue weighted by Crippen LogP contribution is -2.25. The first-order valence-electron chi connectivity index (χ1n) is 7.34. The zero-order chi connectivity index (χ0) is 14.0. The van der Waals surface area contributed by atoms with E-state index in [-0.39, 0.29) is 5.41 Å². The van der Waals surface area contributed by atoms with Crippen molar-refractivity contribution >= 4 is 0 Å². The molecule has 0 fully saturated rings. The zero-order valence-corrected chi connectivity index (χ0v) is 13.0. The van der Waals surface area contributed by atoms with Gasteiger partial charge in [-0.15, -0.1) is 0 Å². The van der Waals surface area contributed by atoms with Crippen molar-refractivity contribution < 1.29 is 4.74 Å². The number of rotatable bonds is 3. The molecule has 1 heterocycles. The van der Waals surface area contributed by atoms with Gasteiger partial charge in [-0.3, -0.25) is 0 Å². The van der Waals surface area contributed by atoms with Crippen LogP contribution >= 0.6 is 0 Å². The molecule has 0 aliphatic carbocycles. The van der Waals surface area contributed by atoms with E-state index in [2.05, 4.69) is 52.1 Å². The van der Waals surface area contributed by atoms with Crippen LogP contribution in [0.15, 0.2) is 12.1 Å². The van der Waals surface area contributed by atoms with E-state index >= 15 is 0 Å². The van der Waals surface area contributed by atoms with E-state index in [1.807, 2.05) is 0 Å². The van der Waals surface area contributed by atoms with Crippen molar-refractivity contribution in [2.45, 2.75) is 65.6 Å². The molecule has 2 heteroatoms. The average Bonchev–Trinajstić information content (AvgIpc) is 2.34. The molecule has 1 aromatic rings. The number of hydrogen-bond acceptors (Lipinski definition) is 2. The fraction of sp³-hybridized carbons (Fsp3) is 0.647. The Balaban J connectivity index is 2.37. The largest absolute Gasteiger partial charge is 0.376 e. The minimum absolute atomic E-state index is 0.208. The third kappa shape index (κ3) is 3.58. The van der Waals surface area contributed by atoms with Crippen LogP contribution in [-0.4, -0.2) is 12.6 Å². The number of ether oxygens (including phenoxy) is 1. The summed E-state index contributed by atoms with van der Waals surface area (Å²) in [5.41, 5.74) is 5.95. The molecule has 1 aliphatic heterocycles. The highest BCUT2D eigenvalue weighted by atomic mass is 16.5. The zero-order valence-electron chi connectivity index (χ0n) is 13.0. The van der Waals surface area contributed by atoms with Crippen molar-refractivity contribution in [3.05, 3.63) is 34.4 Å². The minimum atomic E-state index is 0.208. The van der Waals surface area contributed by atoms with Crippen LogP contribution in [-0.2, 0) is 29.7 Å². The van der Waals surface area contributed by atoms with Gasteiger partial charge in [0.05, 0.1) is 13.2 Å². The van der Waals surface area contributed by atoms with Gasteiger partial charge in [0.25, 0.3) is 0 Å². The molecule has 2 nitrogen and oxygen atoms in total. The summed E-state index contributed by atoms with van der Waals surface area (Å²) in [5, 5.41) is 3.54. The van der Waals surface area contributed by atoms with Crippen LogP contribution in [0.3, 0.4) is 0 Å². The quantitative estimate of drug-likeness (QED) is 0.898. The van der Waals surface area contributed by atoms with E-state index in [9.17, 15) is 0 Å². The van der Waals surface area contributed by atoms with Gasteiger partial charge in [0.2, 0.25) is 0 Å². The fourth-order valence-corrected chi connectivity index (χ4v) is 2.47. The van der Waals surface area contributed by atoms with Gasteiger partial charge in [-0.2, -0.15) is 0 Å². The Hall–Kier alpha value is -0.860. The maximum atomic E-state index is 5.64. The van der Waals surface area contributed by atoms with E-state index in [1.165, 1.54) is 22.3 Å². The van der Waals surface area contributed by atoms with Gasteiger partial charge in [0, 0.05) is 12.6 Å². The first-order chi connectivity index (χ1) is 8.88. The lowest BCUT2D eigenvalue weighted by molar-refractivity contribution is 0.110. The van der Waals surface area contributed by atoms with Crippen molar-refractivity contribution in [2.75, 3.05) is 6.61 Å². The minimum Gasteiger partial charge on any atom is -0.376 e. The van der Waals surface area contributed by atoms with Gasteiger partial charge >= 0.3 is 0 Å². The van der Waals surface area contributed by atoms with Gasteiger partial charge in [0.15, 0.2) is 0 Å². The van der Waals surface area contributed by atoms with Crippen molar-refractivity contribution in [3.63, 3.8) is 0 Å². The fourth-order valence-electron chi connectivity index (χ4n) is 2.47. The Labute approximate surface area is 117 Å². The predicted molar refractivity (Wildman–Crippen MR) is 80.5 cm³/mol. The number of fused-ring (bicyclic) bond motifs is 1. The molecule has 19 heavy (non-hydrogen) atoms. The second-order valence-electron chi connectivity index (χ2n) is 6.86. The molecule has 0 saturated carbocycles. The van der Waals surface area contributed by atoms with Gasteiger partial charge in [-0.05, 0) is 34.1 Å². The van der Waals surface area contributed by atoms with Crippen LogP contribution in [0.2, 0.25) is 0 Å². The molecule has 1 aliphatic rings. The first kappa shape index (κ1) is 14.5. The van der Waals surface area contributed by atoms with Crippen LogP contribution in [0.4, 0.5) is 0 Å². The van der Waals surface area contributed by atoms with Crippen LogP contribution in [0.25, 0.3) is 0 Å². The van der Waals surface area contributed by atoms with Crippen molar-refractivity contribution in [1.82, 2.24) is 5.32 Å². The van der Waals surface area contributed by atoms with Crippen molar-refractivity contribution in [3.8, 4) is 0 Å². The maximum absolute atomic E-state index is 5.64. The standard InChI is InChI=1S/C17H27NO/c1-12(2)18-10-14-9-15(17(3,4)5)8-13-6-7-19-11-16(13)14/h8-9,12,18H,6-7,10-11H2,1-5H3. The van der Waals surface area contributed by atoms with Gasteiger partial charge in [-0.1, -0.05) is 46.8 Å². The number of hydrogen-bond donors (Lipinski definition) is 1. The lowest BCUT2D eigenvalue weighted by atomic mass is 9.82. The third-order valence-electron chi connectivity index (χ3n) is 3.76. The summed E-state index contributed by atoms with van der Waals surface area (Å²) in [6.07, 6.45) is 1.05. The second-order valence-corrected chi connectivity index (χ2v) is 6.86. The molecule has 0 spiro atoms. The van der Waals surface area contributed by atoms with E-state index in [4.69, 9.17) is 4.74 Å². The summed E-state index contributed by atoms with van der Waals surface area (Å²) >= 11 is 0. The summed E-state index contributed by atoms with van der Waals surface area (Å²) in [6, 6.07) is 5.26. The molecular weight excluding hydrogens is 234 g/mol. The Morgan fingerprint density at radius 1 is 1.26 bits per heavy atom. The summed E-state index contributed by atoms with van der Waals surface area (Å²) in [4.78, 5) is 0. The normalized spacial score (nSPS) is 15.7. The highest BCUT2D eigenvalue weighted by Crippen LogP contribution is 2.29. The summed E-state index contributed by atoms with van der Waals surface area (Å²) in [5.74, 6) is 0. The number of benzene rings is 1. The molecule has 2 rings (SSSR count). The SMILES string of the molecule is CC(C)NCc1cc(C(C)(C)C)cc2c1COCC2. The summed E-state index contributed by atoms with van der Waals surface area (Å²) in [7, 11) is 0. The molecule has 0 amide bonds. The predicted octanol–water partition coefficient (Wildman–Crippen LogP) is 3.55. The molecule has 1 aromatic carbocycles. The Morgan fingerprint density at radius 3 is 2.63 bits per heavy atom. The molecule has 0 aromatic heterocycles. The van der Waals surface area contributed by atoms with Crippen LogP contribution in [0, 0.1) is 0 Å². The lowest BCUT2D eigenvalue weighted by Gasteiger charge is -2.27. The van der Waals surface area contributed by atoms with Gasteiger partial charge in [0.1, 0.15) is 0 Å². The Bertz CT molecular complexity index is 443. The topological polar surface area (TPSA) is 21.3 Å². The first-order valence-corrected chi connectivity index (χ1v) is 7.34. The molecule has 0 saturated heterocycles. The summed E-state index contributed by atoms with van der Waals surface area (Å²) < 4.78 is 5.64. The monoisotopic (exact) mass is 261 g/mol. The second kappa shape index (κ2) is 5.64. The van der Waals surface area contributed by atoms with Crippen LogP contribution in [0.1, 0.15) is 56.9 Å². The summed E-state index contributed by atoms with van der Waals surface area (Å²) in [6.45, 7) is 13.8. The van der Waals surface area contributed by atoms with Crippen molar-refractivity contribution in [2.24, 2.45) is 0 Å². The average molecular weight is 261 g/mol. The van der Waals surface area contributed by atoms with E-state index in [1.54, 1.807) is 0 Å². The molecule has 0 radical (unpaired) electrons. The number of nitrogens with one attached hydrogen (secondary N) is 1. The van der Waals surface area contributed by atoms with E-state index in [0.717, 1.165) is 26.2 Å². The van der Waals surface area contributed by atoms with E-state index < -0.39 is 0 Å². The Kier molecular flexibility index (Phi) is 4.32. The van der Waals surface area contributed by atoms with Gasteiger partial charge in [-0.25, -0.2) is 0 Å². The van der Waals surface area contributed by atoms with Crippen LogP contribution in [0.5, 0.6) is 0 Å². The molecule has 0 bridgehead atoms. The highest BCUT2D eigenvalue weighted by Gasteiger charge is 2.20. The smallest absolute Gasteiger partial charge is 0.0722 e. The van der Waals surface area contributed by atoms with Crippen LogP contribution < -0.4 is 5.32 Å². The molecule has 0 unspecified atom stereocenters. The van der Waals surface area contributed by atoms with Crippen molar-refractivity contribution in [1.29, 1.82) is 0 Å². The Morgan fingerprint density at radius 2 is 2.00 bits per heavy atom. The molecular formula is C17H27NO. The van der Waals surface area contributed by atoms with E-state index in [0.29, 0.717) is 6.04 Å². The molecule has 106 valence electrons. The molecule has 0 atom stereocenters. The highest BCUT2D eigenvalue weighted by molar-refractivity contribution is 5.42. The third-order valence-corrected chi connectivity index (χ3v) is 3.76. The van der Waals surface area contributed by atoms with Gasteiger partial charge < -0.3 is 10.1 Å².